The van der Waals surface area contributed by atoms with Crippen molar-refractivity contribution in [1.29, 1.82) is 0 Å². The van der Waals surface area contributed by atoms with Crippen LogP contribution in [0.4, 0.5) is 0 Å². The van der Waals surface area contributed by atoms with E-state index >= 15 is 0 Å². The minimum atomic E-state index is -0.898. The van der Waals surface area contributed by atoms with Crippen LogP contribution in [0.1, 0.15) is 16.1 Å². The molecule has 22 heavy (non-hydrogen) atoms. The van der Waals surface area contributed by atoms with Gasteiger partial charge in [0, 0.05) is 17.2 Å². The number of carbonyl (C=O) groups excluding carboxylic acids is 2. The quantitative estimate of drug-likeness (QED) is 0.521. The molecule has 1 N–H and O–H groups in total. The molecule has 6 heteroatoms. The van der Waals surface area contributed by atoms with E-state index in [2.05, 4.69) is 10.7 Å². The smallest absolute Gasteiger partial charge is 0.321 e. The predicted octanol–water partition coefficient (Wildman–Crippen LogP) is 2.61. The van der Waals surface area contributed by atoms with Crippen LogP contribution in [0, 0.1) is 18.3 Å². The molecule has 0 aliphatic carbocycles. The van der Waals surface area contributed by atoms with Gasteiger partial charge in [-0.3, -0.25) is 9.59 Å². The summed E-state index contributed by atoms with van der Waals surface area (Å²) < 4.78 is 10.4. The molecule has 2 rings (SSSR count). The summed E-state index contributed by atoms with van der Waals surface area (Å²) in [6.07, 6.45) is 5.15. The summed E-state index contributed by atoms with van der Waals surface area (Å²) in [5, 5.41) is 10.5. The van der Waals surface area contributed by atoms with Crippen LogP contribution in [0.2, 0.25) is 0 Å². The fourth-order valence-electron chi connectivity index (χ4n) is 2.00. The van der Waals surface area contributed by atoms with Crippen molar-refractivity contribution in [3.63, 3.8) is 0 Å². The first-order chi connectivity index (χ1) is 10.5. The van der Waals surface area contributed by atoms with Crippen LogP contribution in [0.3, 0.4) is 0 Å². The molecular weight excluding hydrogens is 304 g/mol. The number of terminal acetylenes is 1. The van der Waals surface area contributed by atoms with Crippen molar-refractivity contribution in [2.45, 2.75) is 6.42 Å². The molecule has 0 saturated carbocycles. The fraction of sp³-hybridized carbons (Fsp3) is 0.250. The Morgan fingerprint density at radius 2 is 2.09 bits per heavy atom. The lowest BCUT2D eigenvalue weighted by Crippen LogP contribution is -2.17. The van der Waals surface area contributed by atoms with Gasteiger partial charge in [0.2, 0.25) is 0 Å². The van der Waals surface area contributed by atoms with Gasteiger partial charge in [-0.05, 0) is 17.5 Å². The number of aromatic hydroxyl groups is 1. The van der Waals surface area contributed by atoms with E-state index in [0.717, 1.165) is 10.1 Å². The zero-order chi connectivity index (χ0) is 16.3. The van der Waals surface area contributed by atoms with Crippen molar-refractivity contribution in [2.75, 3.05) is 14.2 Å². The lowest BCUT2D eigenvalue weighted by atomic mass is 10.0. The summed E-state index contributed by atoms with van der Waals surface area (Å²) in [4.78, 5) is 24.2. The highest BCUT2D eigenvalue weighted by molar-refractivity contribution is 7.20. The van der Waals surface area contributed by atoms with Gasteiger partial charge in [0.25, 0.3) is 0 Å². The predicted molar refractivity (Wildman–Crippen MR) is 83.3 cm³/mol. The van der Waals surface area contributed by atoms with E-state index in [0.29, 0.717) is 10.6 Å². The molecule has 0 saturated heterocycles. The Morgan fingerprint density at radius 3 is 2.68 bits per heavy atom. The third-order valence-electron chi connectivity index (χ3n) is 3.17. The molecule has 0 amide bonds. The zero-order valence-corrected chi connectivity index (χ0v) is 12.9. The molecular formula is C16H14O5S. The standard InChI is InChI=1S/C16H14O5S/c1-4-9(16(19)21-3)5-12(18)15-7-10-6-11(17)13(20-2)8-14(10)22-15/h1,6-9,17H,5H2,2-3H3/t9-/m1/s1. The number of benzene rings is 1. The average Bonchev–Trinajstić information content (AvgIpc) is 2.93. The van der Waals surface area contributed by atoms with Gasteiger partial charge in [-0.25, -0.2) is 0 Å². The Balaban J connectivity index is 2.29. The summed E-state index contributed by atoms with van der Waals surface area (Å²) in [5.74, 6) is 0.863. The van der Waals surface area contributed by atoms with E-state index < -0.39 is 11.9 Å². The molecule has 0 unspecified atom stereocenters. The van der Waals surface area contributed by atoms with Crippen LogP contribution >= 0.6 is 11.3 Å². The maximum atomic E-state index is 12.3. The highest BCUT2D eigenvalue weighted by atomic mass is 32.1. The number of phenols is 1. The van der Waals surface area contributed by atoms with Crippen LogP contribution in [-0.4, -0.2) is 31.1 Å². The molecule has 0 aliphatic heterocycles. The Morgan fingerprint density at radius 1 is 1.36 bits per heavy atom. The molecule has 0 spiro atoms. The van der Waals surface area contributed by atoms with Gasteiger partial charge in [-0.15, -0.1) is 17.8 Å². The monoisotopic (exact) mass is 318 g/mol. The highest BCUT2D eigenvalue weighted by Crippen LogP contribution is 2.36. The van der Waals surface area contributed by atoms with Gasteiger partial charge in [0.1, 0.15) is 5.92 Å². The number of esters is 1. The second-order valence-electron chi connectivity index (χ2n) is 4.54. The fourth-order valence-corrected chi connectivity index (χ4v) is 3.02. The maximum Gasteiger partial charge on any atom is 0.321 e. The molecule has 1 heterocycles. The molecule has 0 radical (unpaired) electrons. The molecule has 1 aromatic heterocycles. The Kier molecular flexibility index (Phi) is 4.68. The SMILES string of the molecule is C#C[C@H](CC(=O)c1cc2cc(O)c(OC)cc2s1)C(=O)OC. The summed E-state index contributed by atoms with van der Waals surface area (Å²) in [6.45, 7) is 0. The lowest BCUT2D eigenvalue weighted by molar-refractivity contribution is -0.143. The van der Waals surface area contributed by atoms with Gasteiger partial charge in [0.15, 0.2) is 17.3 Å². The highest BCUT2D eigenvalue weighted by Gasteiger charge is 2.22. The number of ether oxygens (including phenoxy) is 2. The van der Waals surface area contributed by atoms with Gasteiger partial charge in [-0.1, -0.05) is 5.92 Å². The molecule has 0 aliphatic rings. The largest absolute Gasteiger partial charge is 0.504 e. The van der Waals surface area contributed by atoms with Crippen molar-refractivity contribution >= 4 is 33.2 Å². The van der Waals surface area contributed by atoms with Crippen LogP contribution < -0.4 is 4.74 Å². The van der Waals surface area contributed by atoms with E-state index in [1.54, 1.807) is 12.1 Å². The number of rotatable bonds is 5. The lowest BCUT2D eigenvalue weighted by Gasteiger charge is -2.05. The summed E-state index contributed by atoms with van der Waals surface area (Å²) >= 11 is 1.25. The van der Waals surface area contributed by atoms with Gasteiger partial charge in [-0.2, -0.15) is 0 Å². The molecule has 0 bridgehead atoms. The number of thiophene rings is 1. The first kappa shape index (κ1) is 15.9. The van der Waals surface area contributed by atoms with Crippen molar-refractivity contribution < 1.29 is 24.2 Å². The average molecular weight is 318 g/mol. The van der Waals surface area contributed by atoms with Crippen molar-refractivity contribution in [2.24, 2.45) is 5.92 Å². The number of hydrogen-bond donors (Lipinski definition) is 1. The third kappa shape index (κ3) is 3.05. The molecule has 2 aromatic rings. The Labute approximate surface area is 131 Å². The maximum absolute atomic E-state index is 12.3. The summed E-state index contributed by atoms with van der Waals surface area (Å²) in [5.41, 5.74) is 0. The Hall–Kier alpha value is -2.52. The minimum Gasteiger partial charge on any atom is -0.504 e. The van der Waals surface area contributed by atoms with Gasteiger partial charge < -0.3 is 14.6 Å². The van der Waals surface area contributed by atoms with E-state index in [1.165, 1.54) is 31.6 Å². The minimum absolute atomic E-state index is 0.00265. The summed E-state index contributed by atoms with van der Waals surface area (Å²) in [6, 6.07) is 4.85. The van der Waals surface area contributed by atoms with E-state index in [1.807, 2.05) is 0 Å². The molecule has 5 nitrogen and oxygen atoms in total. The van der Waals surface area contributed by atoms with E-state index in [9.17, 15) is 14.7 Å². The van der Waals surface area contributed by atoms with E-state index in [-0.39, 0.29) is 18.0 Å². The topological polar surface area (TPSA) is 72.8 Å². The van der Waals surface area contributed by atoms with Crippen LogP contribution in [-0.2, 0) is 9.53 Å². The number of ketones is 1. The van der Waals surface area contributed by atoms with Crippen molar-refractivity contribution in [1.82, 2.24) is 0 Å². The Bertz CT molecular complexity index is 769. The van der Waals surface area contributed by atoms with Crippen LogP contribution in [0.25, 0.3) is 10.1 Å². The third-order valence-corrected chi connectivity index (χ3v) is 4.31. The molecule has 1 atom stereocenters. The van der Waals surface area contributed by atoms with Crippen LogP contribution in [0.5, 0.6) is 11.5 Å². The van der Waals surface area contributed by atoms with Gasteiger partial charge in [0.05, 0.1) is 19.1 Å². The van der Waals surface area contributed by atoms with E-state index in [4.69, 9.17) is 11.2 Å². The summed E-state index contributed by atoms with van der Waals surface area (Å²) in [7, 11) is 2.68. The second-order valence-corrected chi connectivity index (χ2v) is 5.63. The second kappa shape index (κ2) is 6.50. The number of fused-ring (bicyclic) bond motifs is 1. The van der Waals surface area contributed by atoms with Crippen LogP contribution in [0.15, 0.2) is 18.2 Å². The number of hydrogen-bond acceptors (Lipinski definition) is 6. The van der Waals surface area contributed by atoms with Crippen molar-refractivity contribution in [3.05, 3.63) is 23.1 Å². The first-order valence-corrected chi connectivity index (χ1v) is 7.19. The number of carbonyl (C=O) groups is 2. The number of phenolic OH excluding ortho intramolecular Hbond substituents is 1. The number of methoxy groups -OCH3 is 2. The van der Waals surface area contributed by atoms with Crippen molar-refractivity contribution in [3.8, 4) is 23.8 Å². The zero-order valence-electron chi connectivity index (χ0n) is 12.1. The molecule has 114 valence electrons. The van der Waals surface area contributed by atoms with Gasteiger partial charge >= 0.3 is 5.97 Å². The number of Topliss-reactive ketones (excluding diaryl/α,β-unsaturated/α-hetero) is 1. The first-order valence-electron chi connectivity index (χ1n) is 6.37. The molecule has 0 fully saturated rings. The molecule has 1 aromatic carbocycles. The normalized spacial score (nSPS) is 11.7.